The second-order valence-corrected chi connectivity index (χ2v) is 8.91. The molecule has 0 saturated carbocycles. The molecule has 0 radical (unpaired) electrons. The van der Waals surface area contributed by atoms with Crippen molar-refractivity contribution in [3.05, 3.63) is 94.5 Å². The van der Waals surface area contributed by atoms with Crippen molar-refractivity contribution in [1.29, 1.82) is 0 Å². The van der Waals surface area contributed by atoms with Gasteiger partial charge in [-0.3, -0.25) is 14.4 Å². The number of para-hydroxylation sites is 1. The first-order chi connectivity index (χ1) is 16.3. The highest BCUT2D eigenvalue weighted by atomic mass is 35.5. The van der Waals surface area contributed by atoms with Gasteiger partial charge in [-0.1, -0.05) is 66.2 Å². The average Bonchev–Trinajstić information content (AvgIpc) is 3.14. The summed E-state index contributed by atoms with van der Waals surface area (Å²) >= 11 is 6.10. The van der Waals surface area contributed by atoms with Crippen molar-refractivity contribution in [3.8, 4) is 0 Å². The summed E-state index contributed by atoms with van der Waals surface area (Å²) in [6.45, 7) is 1.92. The van der Waals surface area contributed by atoms with Crippen LogP contribution in [0, 0.1) is 6.92 Å². The number of nitrogens with one attached hydrogen (secondary N) is 2. The number of carbonyl (C=O) groups is 3. The molecule has 3 aromatic rings. The minimum atomic E-state index is -0.805. The van der Waals surface area contributed by atoms with Gasteiger partial charge >= 0.3 is 0 Å². The van der Waals surface area contributed by atoms with E-state index in [-0.39, 0.29) is 24.1 Å². The summed E-state index contributed by atoms with van der Waals surface area (Å²) in [6, 6.07) is 21.3. The van der Waals surface area contributed by atoms with Crippen LogP contribution >= 0.6 is 11.6 Å². The predicted molar refractivity (Wildman–Crippen MR) is 134 cm³/mol. The summed E-state index contributed by atoms with van der Waals surface area (Å²) in [4.78, 5) is 40.6. The van der Waals surface area contributed by atoms with E-state index in [4.69, 9.17) is 11.6 Å². The van der Waals surface area contributed by atoms with Gasteiger partial charge < -0.3 is 15.5 Å². The maximum atomic E-state index is 13.4. The standard InChI is InChI=1S/C27H26ClN3O3/c1-17-8-6-13-21-22(26(33)30-25(17)21)16-24(32)29-23(14-18-9-4-3-5-10-18)27(34)31(2)20-12-7-11-19(28)15-20/h3-13,15,22-23H,14,16H2,1-2H3,(H,29,32)(H,30,33)/t22?,23-/m0/s1. The topological polar surface area (TPSA) is 78.5 Å². The van der Waals surface area contributed by atoms with Crippen LogP contribution in [0.15, 0.2) is 72.8 Å². The molecule has 1 aliphatic rings. The Bertz CT molecular complexity index is 1230. The van der Waals surface area contributed by atoms with Crippen LogP contribution < -0.4 is 15.5 Å². The molecular weight excluding hydrogens is 450 g/mol. The fraction of sp³-hybridized carbons (Fsp3) is 0.222. The van der Waals surface area contributed by atoms with Gasteiger partial charge in [0.15, 0.2) is 0 Å². The molecule has 4 rings (SSSR count). The SMILES string of the molecule is Cc1cccc2c1NC(=O)C2CC(=O)N[C@@H](Cc1ccccc1)C(=O)N(C)c1cccc(Cl)c1. The van der Waals surface area contributed by atoms with Crippen LogP contribution in [0.4, 0.5) is 11.4 Å². The number of anilines is 2. The Morgan fingerprint density at radius 1 is 1.06 bits per heavy atom. The van der Waals surface area contributed by atoms with Crippen LogP contribution in [-0.2, 0) is 20.8 Å². The monoisotopic (exact) mass is 475 g/mol. The molecule has 3 aromatic carbocycles. The Morgan fingerprint density at radius 3 is 2.53 bits per heavy atom. The molecule has 0 fully saturated rings. The van der Waals surface area contributed by atoms with Crippen molar-refractivity contribution in [2.24, 2.45) is 0 Å². The highest BCUT2D eigenvalue weighted by Gasteiger charge is 2.34. The summed E-state index contributed by atoms with van der Waals surface area (Å²) < 4.78 is 0. The van der Waals surface area contributed by atoms with Gasteiger partial charge in [0.1, 0.15) is 6.04 Å². The van der Waals surface area contributed by atoms with Crippen molar-refractivity contribution >= 4 is 40.7 Å². The second-order valence-electron chi connectivity index (χ2n) is 8.47. The molecular formula is C27H26ClN3O3. The molecule has 3 amide bonds. The summed E-state index contributed by atoms with van der Waals surface area (Å²) in [5.41, 5.74) is 4.07. The molecule has 1 aliphatic heterocycles. The third-order valence-electron chi connectivity index (χ3n) is 6.08. The maximum absolute atomic E-state index is 13.4. The molecule has 0 aliphatic carbocycles. The van der Waals surface area contributed by atoms with E-state index < -0.39 is 12.0 Å². The van der Waals surface area contributed by atoms with E-state index in [2.05, 4.69) is 10.6 Å². The Kier molecular flexibility index (Phi) is 6.98. The van der Waals surface area contributed by atoms with Gasteiger partial charge in [-0.2, -0.15) is 0 Å². The number of hydrogen-bond donors (Lipinski definition) is 2. The maximum Gasteiger partial charge on any atom is 0.249 e. The Labute approximate surface area is 203 Å². The zero-order valence-electron chi connectivity index (χ0n) is 19.0. The van der Waals surface area contributed by atoms with Crippen LogP contribution in [-0.4, -0.2) is 30.8 Å². The van der Waals surface area contributed by atoms with Gasteiger partial charge in [-0.25, -0.2) is 0 Å². The fourth-order valence-corrected chi connectivity index (χ4v) is 4.42. The molecule has 0 aromatic heterocycles. The minimum absolute atomic E-state index is 0.0399. The number of rotatable bonds is 7. The van der Waals surface area contributed by atoms with E-state index in [0.29, 0.717) is 17.1 Å². The van der Waals surface area contributed by atoms with E-state index in [1.165, 1.54) is 4.90 Å². The van der Waals surface area contributed by atoms with E-state index in [0.717, 1.165) is 22.4 Å². The molecule has 6 nitrogen and oxygen atoms in total. The van der Waals surface area contributed by atoms with Crippen LogP contribution in [0.3, 0.4) is 0 Å². The number of nitrogens with zero attached hydrogens (tertiary/aromatic N) is 1. The molecule has 2 N–H and O–H groups in total. The lowest BCUT2D eigenvalue weighted by molar-refractivity contribution is -0.128. The lowest BCUT2D eigenvalue weighted by atomic mass is 9.95. The van der Waals surface area contributed by atoms with Gasteiger partial charge in [0, 0.05) is 36.3 Å². The lowest BCUT2D eigenvalue weighted by Gasteiger charge is -2.25. The van der Waals surface area contributed by atoms with Gasteiger partial charge in [-0.05, 0) is 41.8 Å². The predicted octanol–water partition coefficient (Wildman–Crippen LogP) is 4.46. The first kappa shape index (κ1) is 23.5. The molecule has 1 heterocycles. The first-order valence-electron chi connectivity index (χ1n) is 11.1. The van der Waals surface area contributed by atoms with Crippen molar-refractivity contribution in [2.45, 2.75) is 31.7 Å². The van der Waals surface area contributed by atoms with Gasteiger partial charge in [0.05, 0.1) is 5.92 Å². The lowest BCUT2D eigenvalue weighted by Crippen LogP contribution is -2.49. The van der Waals surface area contributed by atoms with Crippen molar-refractivity contribution in [2.75, 3.05) is 17.3 Å². The van der Waals surface area contributed by atoms with Gasteiger partial charge in [0.2, 0.25) is 17.7 Å². The van der Waals surface area contributed by atoms with E-state index in [1.54, 1.807) is 31.3 Å². The van der Waals surface area contributed by atoms with Crippen molar-refractivity contribution in [1.82, 2.24) is 5.32 Å². The van der Waals surface area contributed by atoms with Gasteiger partial charge in [0.25, 0.3) is 0 Å². The van der Waals surface area contributed by atoms with Crippen molar-refractivity contribution < 1.29 is 14.4 Å². The summed E-state index contributed by atoms with van der Waals surface area (Å²) in [7, 11) is 1.65. The normalized spacial score (nSPS) is 15.3. The highest BCUT2D eigenvalue weighted by Crippen LogP contribution is 2.36. The number of benzene rings is 3. The van der Waals surface area contributed by atoms with Crippen LogP contribution in [0.5, 0.6) is 0 Å². The van der Waals surface area contributed by atoms with Crippen LogP contribution in [0.2, 0.25) is 5.02 Å². The molecule has 0 spiro atoms. The average molecular weight is 476 g/mol. The largest absolute Gasteiger partial charge is 0.344 e. The number of aryl methyl sites for hydroxylation is 1. The zero-order chi connectivity index (χ0) is 24.2. The highest BCUT2D eigenvalue weighted by molar-refractivity contribution is 6.31. The molecule has 174 valence electrons. The smallest absolute Gasteiger partial charge is 0.249 e. The first-order valence-corrected chi connectivity index (χ1v) is 11.5. The number of likely N-dealkylation sites (N-methyl/N-ethyl adjacent to an activating group) is 1. The molecule has 34 heavy (non-hydrogen) atoms. The Hall–Kier alpha value is -3.64. The second kappa shape index (κ2) is 10.1. The van der Waals surface area contributed by atoms with Gasteiger partial charge in [-0.15, -0.1) is 0 Å². The van der Waals surface area contributed by atoms with E-state index in [1.807, 2.05) is 55.5 Å². The third kappa shape index (κ3) is 5.13. The molecule has 2 atom stereocenters. The molecule has 1 unspecified atom stereocenters. The molecule has 0 saturated heterocycles. The number of fused-ring (bicyclic) bond motifs is 1. The van der Waals surface area contributed by atoms with Crippen LogP contribution in [0.25, 0.3) is 0 Å². The number of amides is 3. The minimum Gasteiger partial charge on any atom is -0.344 e. The molecule has 7 heteroatoms. The summed E-state index contributed by atoms with van der Waals surface area (Å²) in [5, 5.41) is 6.27. The van der Waals surface area contributed by atoms with E-state index in [9.17, 15) is 14.4 Å². The Balaban J connectivity index is 1.54. The van der Waals surface area contributed by atoms with Crippen LogP contribution in [0.1, 0.15) is 29.0 Å². The summed E-state index contributed by atoms with van der Waals surface area (Å²) in [6.07, 6.45) is 0.282. The molecule has 0 bridgehead atoms. The van der Waals surface area contributed by atoms with E-state index >= 15 is 0 Å². The number of hydrogen-bond acceptors (Lipinski definition) is 3. The fourth-order valence-electron chi connectivity index (χ4n) is 4.24. The zero-order valence-corrected chi connectivity index (χ0v) is 19.8. The number of carbonyl (C=O) groups excluding carboxylic acids is 3. The quantitative estimate of drug-likeness (QED) is 0.529. The third-order valence-corrected chi connectivity index (χ3v) is 6.31. The van der Waals surface area contributed by atoms with Crippen molar-refractivity contribution in [3.63, 3.8) is 0 Å². The number of halogens is 1. The Morgan fingerprint density at radius 2 is 1.79 bits per heavy atom. The summed E-state index contributed by atoms with van der Waals surface area (Å²) in [5.74, 6) is -1.43.